The first kappa shape index (κ1) is 9.62. The molecule has 6 heteroatoms. The summed E-state index contributed by atoms with van der Waals surface area (Å²) in [6.07, 6.45) is 0. The molecule has 10 saturated heterocycles. The number of nitrogens with one attached hydrogen (secondary N) is 1. The van der Waals surface area contributed by atoms with Gasteiger partial charge in [0.2, 0.25) is 0 Å². The first-order valence-electron chi connectivity index (χ1n) is 8.84. The van der Waals surface area contributed by atoms with E-state index in [1.54, 1.807) is 18.2 Å². The van der Waals surface area contributed by atoms with E-state index in [0.717, 1.165) is 49.0 Å². The van der Waals surface area contributed by atoms with E-state index < -0.39 is 13.6 Å². The third kappa shape index (κ3) is 0.140. The van der Waals surface area contributed by atoms with Gasteiger partial charge in [0.05, 0.1) is 0 Å². The summed E-state index contributed by atoms with van der Waals surface area (Å²) in [6.45, 7) is -3.37. The number of anilines is 1. The van der Waals surface area contributed by atoms with E-state index in [4.69, 9.17) is 0 Å². The molecule has 10 aliphatic heterocycles. The molecule has 1 aromatic rings. The Balaban J connectivity index is 1.15. The fourth-order valence-electron chi connectivity index (χ4n) is 17.8. The minimum atomic E-state index is -3.37. The number of carbonyl (C=O) groups excluding carboxylic acids is 1. The molecule has 0 aromatic heterocycles. The van der Waals surface area contributed by atoms with Gasteiger partial charge < -0.3 is 0 Å². The zero-order valence-corrected chi connectivity index (χ0v) is 13.3. The van der Waals surface area contributed by atoms with Gasteiger partial charge in [-0.3, -0.25) is 0 Å². The van der Waals surface area contributed by atoms with Gasteiger partial charge in [-0.2, -0.15) is 0 Å². The summed E-state index contributed by atoms with van der Waals surface area (Å²) in [4.78, 5) is 23.4. The van der Waals surface area contributed by atoms with Crippen molar-refractivity contribution in [1.29, 1.82) is 0 Å². The molecule has 3 N–H and O–H groups in total. The molecule has 10 fully saturated rings. The molecule has 118 valence electrons. The molecule has 1 spiro atoms. The molecular formula is C17H16BFeNO3. The van der Waals surface area contributed by atoms with Crippen molar-refractivity contribution in [2.24, 2.45) is 0 Å². The molecule has 0 radical (unpaired) electrons. The predicted molar refractivity (Wildman–Crippen MR) is 81.3 cm³/mol. The summed E-state index contributed by atoms with van der Waals surface area (Å²) < 4.78 is 0.215. The number of hydrogen-bond donors (Lipinski definition) is 3. The van der Waals surface area contributed by atoms with Crippen LogP contribution in [-0.4, -0.2) is 23.1 Å². The Kier molecular flexibility index (Phi) is 0.407. The normalized spacial score (nSPS) is 90.6. The van der Waals surface area contributed by atoms with Gasteiger partial charge in [0.1, 0.15) is 0 Å². The molecule has 10 aliphatic rings. The first-order chi connectivity index (χ1) is 10.8. The topological polar surface area (TPSA) is 69.6 Å². The van der Waals surface area contributed by atoms with Gasteiger partial charge in [-0.15, -0.1) is 0 Å². The van der Waals surface area contributed by atoms with Crippen LogP contribution in [-0.2, 0) is 11.3 Å². The summed E-state index contributed by atoms with van der Waals surface area (Å²) >= 11 is 0. The van der Waals surface area contributed by atoms with Crippen molar-refractivity contribution in [3.63, 3.8) is 0 Å². The second kappa shape index (κ2) is 0.974. The second-order valence-electron chi connectivity index (χ2n) is 12.1. The van der Waals surface area contributed by atoms with E-state index in [1.807, 2.05) is 6.07 Å². The number of carbonyl (C=O) groups is 1. The van der Waals surface area contributed by atoms with Gasteiger partial charge in [-0.1, -0.05) is 0 Å². The van der Waals surface area contributed by atoms with Gasteiger partial charge in [0.15, 0.2) is 0 Å². The van der Waals surface area contributed by atoms with Crippen LogP contribution in [0, 0.1) is 0 Å². The van der Waals surface area contributed by atoms with Crippen molar-refractivity contribution in [3.8, 4) is 0 Å². The van der Waals surface area contributed by atoms with E-state index in [0.29, 0.717) is 11.4 Å². The van der Waals surface area contributed by atoms with E-state index in [9.17, 15) is 14.8 Å². The van der Waals surface area contributed by atoms with Crippen molar-refractivity contribution in [2.75, 3.05) is 5.32 Å². The van der Waals surface area contributed by atoms with Gasteiger partial charge in [0, 0.05) is 0 Å². The zero-order chi connectivity index (χ0) is 14.9. The molecule has 4 nitrogen and oxygen atoms in total. The van der Waals surface area contributed by atoms with Crippen LogP contribution in [0.1, 0.15) is 0 Å². The van der Waals surface area contributed by atoms with Crippen molar-refractivity contribution >= 4 is 24.2 Å². The SMILES string of the molecule is O=C(Nc1cccc(B(O)O)c1)[C]12[CH]3[CH]4[CH]5[CH]1[Fe]45321678[CH]2[CH]1[CH]6[CH]7[CH]28. The Morgan fingerprint density at radius 3 is 2.09 bits per heavy atom. The van der Waals surface area contributed by atoms with E-state index in [2.05, 4.69) is 5.32 Å². The standard InChI is InChI=1S/C12H11BNO3.C5H5.Fe/c15-12(9-4-1-2-5-9)14-11-7-3-6-10(8-11)13(16)17;1-2-4-5-3-1;/h1-8,16-17H,(H,14,15);1-5H;. The quantitative estimate of drug-likeness (QED) is 0.732. The van der Waals surface area contributed by atoms with Gasteiger partial charge in [-0.25, -0.2) is 0 Å². The maximum absolute atomic E-state index is 13.5. The van der Waals surface area contributed by atoms with Gasteiger partial charge >= 0.3 is 123 Å². The van der Waals surface area contributed by atoms with Gasteiger partial charge in [-0.05, 0) is 0 Å². The number of fused-ring (bicyclic) bond motifs is 10. The van der Waals surface area contributed by atoms with Crippen LogP contribution >= 0.6 is 0 Å². The Hall–Kier alpha value is -0.806. The molecule has 4 unspecified atom stereocenters. The number of rotatable bonds is 3. The molecule has 1 aromatic carbocycles. The second-order valence-corrected chi connectivity index (χ2v) is 35.7. The maximum atomic E-state index is 13.5. The Bertz CT molecular complexity index is 1260. The Labute approximate surface area is 123 Å². The zero-order valence-electron chi connectivity index (χ0n) is 12.2. The molecule has 0 aliphatic carbocycles. The van der Waals surface area contributed by atoms with Crippen LogP contribution in [0.5, 0.6) is 0 Å². The van der Waals surface area contributed by atoms with Crippen LogP contribution in [0.2, 0.25) is 47.7 Å². The first-order valence-corrected chi connectivity index (χ1v) is 15.1. The molecular weight excluding hydrogens is 333 g/mol. The third-order valence-corrected chi connectivity index (χ3v) is 58.8. The fourth-order valence-corrected chi connectivity index (χ4v) is 91.5. The summed E-state index contributed by atoms with van der Waals surface area (Å²) in [7, 11) is -1.47. The van der Waals surface area contributed by atoms with Crippen molar-refractivity contribution in [3.05, 3.63) is 24.3 Å². The summed E-state index contributed by atoms with van der Waals surface area (Å²) in [5.41, 5.74) is 1.20. The van der Waals surface area contributed by atoms with Crippen LogP contribution in [0.3, 0.4) is 0 Å². The summed E-state index contributed by atoms with van der Waals surface area (Å²) in [5.74, 6) is 0.369. The number of amides is 1. The van der Waals surface area contributed by atoms with Crippen LogP contribution in [0.25, 0.3) is 0 Å². The van der Waals surface area contributed by atoms with Crippen molar-refractivity contribution < 1.29 is 21.4 Å². The molecule has 1 amide bonds. The van der Waals surface area contributed by atoms with Crippen LogP contribution in [0.4, 0.5) is 5.69 Å². The third-order valence-electron chi connectivity index (χ3n) is 16.5. The number of benzene rings is 1. The summed E-state index contributed by atoms with van der Waals surface area (Å²) in [6, 6.07) is 7.08. The molecule has 11 rings (SSSR count). The Morgan fingerprint density at radius 2 is 1.65 bits per heavy atom. The minimum absolute atomic E-state index is 0.215. The molecule has 0 saturated carbocycles. The molecule has 4 atom stereocenters. The van der Waals surface area contributed by atoms with E-state index in [1.165, 1.54) is 0 Å². The van der Waals surface area contributed by atoms with Crippen LogP contribution in [0.15, 0.2) is 24.3 Å². The number of hydrogen-bond acceptors (Lipinski definition) is 3. The van der Waals surface area contributed by atoms with Crippen LogP contribution < -0.4 is 10.8 Å². The van der Waals surface area contributed by atoms with Gasteiger partial charge in [0.25, 0.3) is 0 Å². The molecule has 23 heavy (non-hydrogen) atoms. The average molecular weight is 349 g/mol. The van der Waals surface area contributed by atoms with E-state index in [-0.39, 0.29) is 4.31 Å². The fraction of sp³-hybridized carbons (Fsp3) is 0.588. The van der Waals surface area contributed by atoms with Crippen molar-refractivity contribution in [1.82, 2.24) is 0 Å². The predicted octanol–water partition coefficient (Wildman–Crippen LogP) is 2.06. The molecule has 10 heterocycles. The monoisotopic (exact) mass is 349 g/mol. The Morgan fingerprint density at radius 1 is 1.04 bits per heavy atom. The van der Waals surface area contributed by atoms with E-state index >= 15 is 0 Å². The van der Waals surface area contributed by atoms with Crippen molar-refractivity contribution in [2.45, 2.75) is 47.7 Å². The summed E-state index contributed by atoms with van der Waals surface area (Å²) in [5, 5.41) is 21.9. The molecule has 0 bridgehead atoms. The average Bonchev–Trinajstić information content (AvgIpc) is 3.46.